The van der Waals surface area contributed by atoms with Crippen LogP contribution in [0.3, 0.4) is 0 Å². The molecule has 0 bridgehead atoms. The molecule has 1 N–H and O–H groups in total. The molecule has 2 aromatic carbocycles. The molecular formula is C22H30N2O2. The molecule has 0 aliphatic carbocycles. The lowest BCUT2D eigenvalue weighted by Gasteiger charge is -2.13. The average molecular weight is 354 g/mol. The van der Waals surface area contributed by atoms with Crippen molar-refractivity contribution in [1.82, 2.24) is 4.90 Å². The second-order valence-corrected chi connectivity index (χ2v) is 6.60. The number of aryl methyl sites for hydroxylation is 1. The summed E-state index contributed by atoms with van der Waals surface area (Å²) in [6.07, 6.45) is 3.51. The lowest BCUT2D eigenvalue weighted by Crippen LogP contribution is -2.15. The fraction of sp³-hybridized carbons (Fsp3) is 0.409. The van der Waals surface area contributed by atoms with Crippen LogP contribution < -0.4 is 4.74 Å². The topological polar surface area (TPSA) is 45.1 Å². The van der Waals surface area contributed by atoms with E-state index >= 15 is 0 Å². The quantitative estimate of drug-likeness (QED) is 0.666. The molecule has 0 amide bonds. The summed E-state index contributed by atoms with van der Waals surface area (Å²) in [4.78, 5) is 6.63. The van der Waals surface area contributed by atoms with E-state index in [0.29, 0.717) is 13.0 Å². The molecule has 0 aliphatic rings. The summed E-state index contributed by atoms with van der Waals surface area (Å²) >= 11 is 0. The van der Waals surface area contributed by atoms with Gasteiger partial charge in [-0.05, 0) is 55.8 Å². The zero-order valence-electron chi connectivity index (χ0n) is 16.1. The highest BCUT2D eigenvalue weighted by Gasteiger charge is 2.06. The Morgan fingerprint density at radius 3 is 2.58 bits per heavy atom. The number of hydrogen-bond donors (Lipinski definition) is 1. The van der Waals surface area contributed by atoms with Crippen LogP contribution in [0.25, 0.3) is 0 Å². The van der Waals surface area contributed by atoms with Crippen LogP contribution >= 0.6 is 0 Å². The molecular weight excluding hydrogens is 324 g/mol. The Morgan fingerprint density at radius 1 is 1.12 bits per heavy atom. The first-order chi connectivity index (χ1) is 12.6. The van der Waals surface area contributed by atoms with E-state index in [1.807, 2.05) is 38.5 Å². The highest BCUT2D eigenvalue weighted by Crippen LogP contribution is 2.21. The van der Waals surface area contributed by atoms with Crippen LogP contribution in [0.15, 0.2) is 47.5 Å². The molecule has 2 rings (SSSR count). The molecule has 2 aromatic rings. The number of ether oxygens (including phenoxy) is 1. The number of likely N-dealkylation sites (N-methyl/N-ethyl adjacent to an activating group) is 1. The van der Waals surface area contributed by atoms with Crippen LogP contribution in [0.2, 0.25) is 0 Å². The van der Waals surface area contributed by atoms with Crippen LogP contribution in [0, 0.1) is 0 Å². The summed E-state index contributed by atoms with van der Waals surface area (Å²) in [5.74, 6) is 0.825. The largest absolute Gasteiger partial charge is 0.488 e. The number of aliphatic hydroxyl groups excluding tert-OH is 1. The second kappa shape index (κ2) is 10.7. The Kier molecular flexibility index (Phi) is 8.32. The maximum absolute atomic E-state index is 9.19. The molecule has 140 valence electrons. The Morgan fingerprint density at radius 2 is 1.88 bits per heavy atom. The summed E-state index contributed by atoms with van der Waals surface area (Å²) in [5.41, 5.74) is 4.57. The molecule has 4 nitrogen and oxygen atoms in total. The Balaban J connectivity index is 2.14. The predicted molar refractivity (Wildman–Crippen MR) is 108 cm³/mol. The number of nitrogens with zero attached hydrogens (tertiary/aromatic N) is 2. The monoisotopic (exact) mass is 354 g/mol. The number of hydrogen-bond acceptors (Lipinski definition) is 4. The normalized spacial score (nSPS) is 11.4. The molecule has 0 aromatic heterocycles. The van der Waals surface area contributed by atoms with Crippen molar-refractivity contribution in [2.75, 3.05) is 33.8 Å². The van der Waals surface area contributed by atoms with Crippen molar-refractivity contribution >= 4 is 6.21 Å². The first-order valence-corrected chi connectivity index (χ1v) is 9.22. The van der Waals surface area contributed by atoms with Crippen LogP contribution in [-0.4, -0.2) is 50.0 Å². The maximum Gasteiger partial charge on any atom is 0.128 e. The van der Waals surface area contributed by atoms with E-state index in [-0.39, 0.29) is 6.61 Å². The molecule has 0 aliphatic heterocycles. The van der Waals surface area contributed by atoms with Crippen LogP contribution in [0.4, 0.5) is 0 Å². The van der Waals surface area contributed by atoms with E-state index in [1.54, 1.807) is 0 Å². The van der Waals surface area contributed by atoms with Gasteiger partial charge in [0.15, 0.2) is 0 Å². The second-order valence-electron chi connectivity index (χ2n) is 6.60. The summed E-state index contributed by atoms with van der Waals surface area (Å²) in [6.45, 7) is 4.50. The molecule has 0 fully saturated rings. The zero-order chi connectivity index (χ0) is 18.8. The summed E-state index contributed by atoms with van der Waals surface area (Å²) in [7, 11) is 4.08. The van der Waals surface area contributed by atoms with Gasteiger partial charge in [0.05, 0.1) is 6.54 Å². The Bertz CT molecular complexity index is 711. The third kappa shape index (κ3) is 6.28. The molecule has 0 radical (unpaired) electrons. The van der Waals surface area contributed by atoms with Gasteiger partial charge in [-0.1, -0.05) is 37.3 Å². The zero-order valence-corrected chi connectivity index (χ0v) is 16.1. The van der Waals surface area contributed by atoms with Crippen LogP contribution in [-0.2, 0) is 19.4 Å². The molecule has 26 heavy (non-hydrogen) atoms. The number of benzene rings is 2. The maximum atomic E-state index is 9.19. The van der Waals surface area contributed by atoms with Gasteiger partial charge in [0.25, 0.3) is 0 Å². The van der Waals surface area contributed by atoms with Gasteiger partial charge in [0.1, 0.15) is 12.4 Å². The van der Waals surface area contributed by atoms with Gasteiger partial charge in [-0.15, -0.1) is 0 Å². The third-order valence-corrected chi connectivity index (χ3v) is 4.26. The van der Waals surface area contributed by atoms with E-state index in [4.69, 9.17) is 4.74 Å². The predicted octanol–water partition coefficient (Wildman–Crippen LogP) is 3.34. The summed E-state index contributed by atoms with van der Waals surface area (Å²) < 4.78 is 6.11. The van der Waals surface area contributed by atoms with Crippen molar-refractivity contribution in [2.24, 2.45) is 4.99 Å². The molecule has 0 spiro atoms. The van der Waals surface area contributed by atoms with Crippen molar-refractivity contribution in [1.29, 1.82) is 0 Å². The molecule has 0 saturated heterocycles. The SMILES string of the molecule is CCc1ccccc1COc1ccc(CCO)cc1C=NCCN(C)C. The summed E-state index contributed by atoms with van der Waals surface area (Å²) in [6, 6.07) is 14.4. The number of rotatable bonds is 10. The average Bonchev–Trinajstić information content (AvgIpc) is 2.65. The van der Waals surface area contributed by atoms with E-state index in [1.165, 1.54) is 11.1 Å². The van der Waals surface area contributed by atoms with Crippen molar-refractivity contribution < 1.29 is 9.84 Å². The van der Waals surface area contributed by atoms with E-state index in [0.717, 1.165) is 36.4 Å². The first-order valence-electron chi connectivity index (χ1n) is 9.22. The smallest absolute Gasteiger partial charge is 0.128 e. The third-order valence-electron chi connectivity index (χ3n) is 4.26. The van der Waals surface area contributed by atoms with Gasteiger partial charge < -0.3 is 14.7 Å². The summed E-state index contributed by atoms with van der Waals surface area (Å²) in [5, 5.41) is 9.19. The standard InChI is InChI=1S/C22H30N2O2/c1-4-19-7-5-6-8-20(19)17-26-22-10-9-18(11-14-25)15-21(22)16-23-12-13-24(2)3/h5-10,15-16,25H,4,11-14,17H2,1-3H3. The Hall–Kier alpha value is -2.17. The minimum absolute atomic E-state index is 0.140. The highest BCUT2D eigenvalue weighted by molar-refractivity contribution is 5.83. The van der Waals surface area contributed by atoms with Crippen molar-refractivity contribution in [3.63, 3.8) is 0 Å². The van der Waals surface area contributed by atoms with Gasteiger partial charge in [-0.25, -0.2) is 0 Å². The van der Waals surface area contributed by atoms with Gasteiger partial charge in [-0.2, -0.15) is 0 Å². The van der Waals surface area contributed by atoms with E-state index < -0.39 is 0 Å². The lowest BCUT2D eigenvalue weighted by molar-refractivity contribution is 0.298. The number of aliphatic imine (C=N–C) groups is 1. The van der Waals surface area contributed by atoms with Crippen molar-refractivity contribution in [2.45, 2.75) is 26.4 Å². The van der Waals surface area contributed by atoms with Gasteiger partial charge in [-0.3, -0.25) is 4.99 Å². The molecule has 0 atom stereocenters. The molecule has 0 unspecified atom stereocenters. The minimum Gasteiger partial charge on any atom is -0.488 e. The Labute approximate surface area is 157 Å². The molecule has 0 saturated carbocycles. The van der Waals surface area contributed by atoms with Gasteiger partial charge in [0, 0.05) is 24.9 Å². The minimum atomic E-state index is 0.140. The van der Waals surface area contributed by atoms with Crippen LogP contribution in [0.5, 0.6) is 5.75 Å². The van der Waals surface area contributed by atoms with Gasteiger partial charge in [0.2, 0.25) is 0 Å². The van der Waals surface area contributed by atoms with Crippen molar-refractivity contribution in [3.05, 3.63) is 64.7 Å². The molecule has 0 heterocycles. The first kappa shape index (κ1) is 20.1. The van der Waals surface area contributed by atoms with Gasteiger partial charge >= 0.3 is 0 Å². The fourth-order valence-corrected chi connectivity index (χ4v) is 2.73. The van der Waals surface area contributed by atoms with Crippen LogP contribution in [0.1, 0.15) is 29.2 Å². The van der Waals surface area contributed by atoms with E-state index in [9.17, 15) is 5.11 Å². The van der Waals surface area contributed by atoms with Crippen molar-refractivity contribution in [3.8, 4) is 5.75 Å². The van der Waals surface area contributed by atoms with E-state index in [2.05, 4.69) is 41.1 Å². The lowest BCUT2D eigenvalue weighted by atomic mass is 10.1. The highest BCUT2D eigenvalue weighted by atomic mass is 16.5. The molecule has 4 heteroatoms. The fourth-order valence-electron chi connectivity index (χ4n) is 2.73. The number of aliphatic hydroxyl groups is 1.